The molecule has 0 spiro atoms. The second kappa shape index (κ2) is 7.48. The van der Waals surface area contributed by atoms with Gasteiger partial charge < -0.3 is 5.32 Å². The van der Waals surface area contributed by atoms with E-state index < -0.39 is 23.8 Å². The Labute approximate surface area is 149 Å². The molecule has 6 nitrogen and oxygen atoms in total. The highest BCUT2D eigenvalue weighted by molar-refractivity contribution is 7.98. The Morgan fingerprint density at radius 1 is 1.16 bits per heavy atom. The van der Waals surface area contributed by atoms with Gasteiger partial charge in [-0.05, 0) is 42.7 Å². The number of nitrogens with one attached hydrogen (secondary N) is 1. The van der Waals surface area contributed by atoms with Crippen LogP contribution in [-0.2, 0) is 4.79 Å². The van der Waals surface area contributed by atoms with E-state index in [1.165, 1.54) is 6.20 Å². The average Bonchev–Trinajstić information content (AvgIpc) is 2.88. The van der Waals surface area contributed by atoms with Gasteiger partial charge in [0.1, 0.15) is 6.04 Å². The fourth-order valence-electron chi connectivity index (χ4n) is 2.76. The first-order valence-corrected chi connectivity index (χ1v) is 9.19. The van der Waals surface area contributed by atoms with Crippen LogP contribution in [0.4, 0.5) is 5.69 Å². The number of amides is 3. The molecule has 1 aromatic carbocycles. The third-order valence-electron chi connectivity index (χ3n) is 3.96. The number of hydrogen-bond acceptors (Lipinski definition) is 5. The number of pyridine rings is 1. The van der Waals surface area contributed by atoms with Crippen LogP contribution in [0, 0.1) is 0 Å². The van der Waals surface area contributed by atoms with Crippen LogP contribution in [0.25, 0.3) is 0 Å². The van der Waals surface area contributed by atoms with Gasteiger partial charge in [-0.1, -0.05) is 12.1 Å². The van der Waals surface area contributed by atoms with Crippen LogP contribution in [0.5, 0.6) is 0 Å². The molecular formula is C18H17N3O3S. The number of fused-ring (bicyclic) bond motifs is 1. The number of hydrogen-bond donors (Lipinski definition) is 1. The Morgan fingerprint density at radius 2 is 1.84 bits per heavy atom. The predicted molar refractivity (Wildman–Crippen MR) is 96.6 cm³/mol. The van der Waals surface area contributed by atoms with Crippen molar-refractivity contribution in [1.82, 2.24) is 9.88 Å². The summed E-state index contributed by atoms with van der Waals surface area (Å²) in [4.78, 5) is 43.1. The SMILES string of the molecule is CSCCC(C(=O)Nc1cccnc1)N1C(=O)c2ccccc2C1=O. The minimum atomic E-state index is -0.861. The number of carbonyl (C=O) groups excluding carboxylic acids is 3. The molecule has 0 saturated heterocycles. The average molecular weight is 355 g/mol. The first-order valence-electron chi connectivity index (χ1n) is 7.80. The van der Waals surface area contributed by atoms with Crippen LogP contribution in [0.3, 0.4) is 0 Å². The highest BCUT2D eigenvalue weighted by Gasteiger charge is 2.42. The molecule has 0 fully saturated rings. The van der Waals surface area contributed by atoms with Gasteiger partial charge in [-0.3, -0.25) is 24.3 Å². The molecule has 0 aliphatic carbocycles. The Kier molecular flexibility index (Phi) is 5.14. The van der Waals surface area contributed by atoms with E-state index in [1.54, 1.807) is 54.4 Å². The maximum atomic E-state index is 12.8. The molecule has 25 heavy (non-hydrogen) atoms. The van der Waals surface area contributed by atoms with Gasteiger partial charge in [-0.25, -0.2) is 0 Å². The normalized spacial score (nSPS) is 14.4. The van der Waals surface area contributed by atoms with Crippen LogP contribution < -0.4 is 5.32 Å². The van der Waals surface area contributed by atoms with Crippen molar-refractivity contribution < 1.29 is 14.4 Å². The number of aromatic nitrogens is 1. The van der Waals surface area contributed by atoms with Crippen molar-refractivity contribution >= 4 is 35.2 Å². The fourth-order valence-corrected chi connectivity index (χ4v) is 3.22. The molecule has 128 valence electrons. The molecule has 2 aromatic rings. The van der Waals surface area contributed by atoms with Crippen LogP contribution in [0.1, 0.15) is 27.1 Å². The number of anilines is 1. The molecule has 3 rings (SSSR count). The maximum Gasteiger partial charge on any atom is 0.262 e. The quantitative estimate of drug-likeness (QED) is 0.805. The highest BCUT2D eigenvalue weighted by Crippen LogP contribution is 2.26. The van der Waals surface area contributed by atoms with Gasteiger partial charge in [0, 0.05) is 6.20 Å². The van der Waals surface area contributed by atoms with Crippen molar-refractivity contribution in [2.24, 2.45) is 0 Å². The lowest BCUT2D eigenvalue weighted by Gasteiger charge is -2.25. The molecule has 2 heterocycles. The van der Waals surface area contributed by atoms with Crippen molar-refractivity contribution in [3.05, 3.63) is 59.9 Å². The Hall–Kier alpha value is -2.67. The first kappa shape index (κ1) is 17.2. The van der Waals surface area contributed by atoms with Gasteiger partial charge in [-0.15, -0.1) is 0 Å². The second-order valence-electron chi connectivity index (χ2n) is 5.55. The van der Waals surface area contributed by atoms with Gasteiger partial charge >= 0.3 is 0 Å². The Morgan fingerprint density at radius 3 is 2.40 bits per heavy atom. The molecule has 1 unspecified atom stereocenters. The number of nitrogens with zero attached hydrogens (tertiary/aromatic N) is 2. The summed E-state index contributed by atoms with van der Waals surface area (Å²) >= 11 is 1.56. The third kappa shape index (κ3) is 3.41. The number of imide groups is 1. The topological polar surface area (TPSA) is 79.4 Å². The molecule has 0 saturated carbocycles. The number of carbonyl (C=O) groups is 3. The summed E-state index contributed by atoms with van der Waals surface area (Å²) in [7, 11) is 0. The lowest BCUT2D eigenvalue weighted by molar-refractivity contribution is -0.120. The lowest BCUT2D eigenvalue weighted by Crippen LogP contribution is -2.47. The predicted octanol–water partition coefficient (Wildman–Crippen LogP) is 2.44. The molecule has 1 atom stereocenters. The summed E-state index contributed by atoms with van der Waals surface area (Å²) < 4.78 is 0. The van der Waals surface area contributed by atoms with Crippen LogP contribution in [0.15, 0.2) is 48.8 Å². The Balaban J connectivity index is 1.87. The van der Waals surface area contributed by atoms with E-state index in [1.807, 2.05) is 6.26 Å². The lowest BCUT2D eigenvalue weighted by atomic mass is 10.1. The van der Waals surface area contributed by atoms with Crippen molar-refractivity contribution in [3.63, 3.8) is 0 Å². The molecule has 1 aromatic heterocycles. The number of thioether (sulfide) groups is 1. The highest BCUT2D eigenvalue weighted by atomic mass is 32.2. The van der Waals surface area contributed by atoms with Crippen molar-refractivity contribution in [1.29, 1.82) is 0 Å². The summed E-state index contributed by atoms with van der Waals surface area (Å²) in [6.45, 7) is 0. The van der Waals surface area contributed by atoms with Gasteiger partial charge in [0.15, 0.2) is 0 Å². The minimum absolute atomic E-state index is 0.343. The van der Waals surface area contributed by atoms with Crippen molar-refractivity contribution in [2.75, 3.05) is 17.3 Å². The van der Waals surface area contributed by atoms with Gasteiger partial charge in [0.25, 0.3) is 11.8 Å². The first-order chi connectivity index (χ1) is 12.1. The largest absolute Gasteiger partial charge is 0.323 e. The standard InChI is InChI=1S/C18H17N3O3S/c1-25-10-8-15(16(22)20-12-5-4-9-19-11-12)21-17(23)13-6-2-3-7-14(13)18(21)24/h2-7,9,11,15H,8,10H2,1H3,(H,20,22). The third-order valence-corrected chi connectivity index (χ3v) is 4.61. The molecule has 0 radical (unpaired) electrons. The molecule has 3 amide bonds. The van der Waals surface area contributed by atoms with Crippen molar-refractivity contribution in [3.8, 4) is 0 Å². The minimum Gasteiger partial charge on any atom is -0.323 e. The zero-order valence-corrected chi connectivity index (χ0v) is 14.5. The monoisotopic (exact) mass is 355 g/mol. The number of benzene rings is 1. The summed E-state index contributed by atoms with van der Waals surface area (Å²) in [6.07, 6.45) is 5.42. The summed E-state index contributed by atoms with van der Waals surface area (Å²) in [6, 6.07) is 9.19. The zero-order valence-electron chi connectivity index (χ0n) is 13.6. The molecular weight excluding hydrogens is 338 g/mol. The van der Waals surface area contributed by atoms with Crippen LogP contribution in [0.2, 0.25) is 0 Å². The summed E-state index contributed by atoms with van der Waals surface area (Å²) in [5, 5.41) is 2.74. The van der Waals surface area contributed by atoms with E-state index >= 15 is 0 Å². The van der Waals surface area contributed by atoms with Gasteiger partial charge in [0.2, 0.25) is 5.91 Å². The van der Waals surface area contributed by atoms with Gasteiger partial charge in [0.05, 0.1) is 23.0 Å². The Bertz CT molecular complexity index is 775. The van der Waals surface area contributed by atoms with Crippen LogP contribution >= 0.6 is 11.8 Å². The van der Waals surface area contributed by atoms with Crippen LogP contribution in [-0.4, -0.2) is 45.7 Å². The van der Waals surface area contributed by atoms with E-state index in [0.717, 1.165) is 4.90 Å². The van der Waals surface area contributed by atoms with Gasteiger partial charge in [-0.2, -0.15) is 11.8 Å². The summed E-state index contributed by atoms with van der Waals surface area (Å²) in [5.41, 5.74) is 1.21. The maximum absolute atomic E-state index is 12.8. The second-order valence-corrected chi connectivity index (χ2v) is 6.54. The van der Waals surface area contributed by atoms with E-state index in [2.05, 4.69) is 10.3 Å². The molecule has 1 N–H and O–H groups in total. The zero-order chi connectivity index (χ0) is 17.8. The summed E-state index contributed by atoms with van der Waals surface area (Å²) in [5.74, 6) is -0.587. The van der Waals surface area contributed by atoms with E-state index in [9.17, 15) is 14.4 Å². The fraction of sp³-hybridized carbons (Fsp3) is 0.222. The molecule has 0 bridgehead atoms. The number of rotatable bonds is 6. The van der Waals surface area contributed by atoms with Crippen molar-refractivity contribution in [2.45, 2.75) is 12.5 Å². The molecule has 1 aliphatic rings. The molecule has 7 heteroatoms. The van der Waals surface area contributed by atoms with E-state index in [-0.39, 0.29) is 0 Å². The van der Waals surface area contributed by atoms with E-state index in [4.69, 9.17) is 0 Å². The molecule has 1 aliphatic heterocycles. The smallest absolute Gasteiger partial charge is 0.262 e. The van der Waals surface area contributed by atoms with E-state index in [0.29, 0.717) is 29.0 Å².